The van der Waals surface area contributed by atoms with Crippen molar-refractivity contribution < 1.29 is 14.4 Å². The second-order valence-electron chi connectivity index (χ2n) is 5.76. The van der Waals surface area contributed by atoms with Crippen molar-refractivity contribution in [3.63, 3.8) is 0 Å². The number of hydrogen-bond acceptors (Lipinski definition) is 6. The summed E-state index contributed by atoms with van der Waals surface area (Å²) in [4.78, 5) is 49.4. The van der Waals surface area contributed by atoms with Gasteiger partial charge < -0.3 is 20.0 Å². The summed E-state index contributed by atoms with van der Waals surface area (Å²) in [6.45, 7) is 2.24. The van der Waals surface area contributed by atoms with Crippen molar-refractivity contribution in [2.24, 2.45) is 0 Å². The van der Waals surface area contributed by atoms with Gasteiger partial charge in [-0.15, -0.1) is 0 Å². The van der Waals surface area contributed by atoms with Crippen molar-refractivity contribution in [3.05, 3.63) is 18.0 Å². The minimum absolute atomic E-state index is 0.146. The topological polar surface area (TPSA) is 98.7 Å². The lowest BCUT2D eigenvalue weighted by Gasteiger charge is -2.39. The second kappa shape index (κ2) is 7.24. The fourth-order valence-corrected chi connectivity index (χ4v) is 2.58. The molecule has 0 saturated carbocycles. The molecule has 130 valence electrons. The summed E-state index contributed by atoms with van der Waals surface area (Å²) < 4.78 is 0. The molecule has 1 fully saturated rings. The third-order valence-corrected chi connectivity index (χ3v) is 3.91. The van der Waals surface area contributed by atoms with Gasteiger partial charge in [-0.1, -0.05) is 0 Å². The first-order chi connectivity index (χ1) is 11.3. The highest BCUT2D eigenvalue weighted by molar-refractivity contribution is 5.95. The van der Waals surface area contributed by atoms with E-state index in [2.05, 4.69) is 15.3 Å². The zero-order chi connectivity index (χ0) is 17.9. The monoisotopic (exact) mass is 334 g/mol. The zero-order valence-corrected chi connectivity index (χ0v) is 14.3. The Labute approximate surface area is 140 Å². The predicted octanol–water partition coefficient (Wildman–Crippen LogP) is -1.04. The molecule has 1 aromatic heterocycles. The molecule has 0 radical (unpaired) electrons. The van der Waals surface area contributed by atoms with Crippen molar-refractivity contribution in [1.29, 1.82) is 0 Å². The number of carbonyl (C=O) groups excluding carboxylic acids is 3. The van der Waals surface area contributed by atoms with Gasteiger partial charge in [0.25, 0.3) is 5.91 Å². The van der Waals surface area contributed by atoms with Crippen LogP contribution in [0.4, 0.5) is 5.95 Å². The number of piperazine rings is 1. The first-order valence-electron chi connectivity index (χ1n) is 7.62. The fourth-order valence-electron chi connectivity index (χ4n) is 2.58. The van der Waals surface area contributed by atoms with Crippen LogP contribution < -0.4 is 10.2 Å². The van der Waals surface area contributed by atoms with Crippen LogP contribution in [-0.4, -0.2) is 84.3 Å². The quantitative estimate of drug-likeness (QED) is 0.758. The summed E-state index contributed by atoms with van der Waals surface area (Å²) in [6, 6.07) is -0.688. The van der Waals surface area contributed by atoms with Crippen LogP contribution in [0, 0.1) is 0 Å². The van der Waals surface area contributed by atoms with E-state index >= 15 is 0 Å². The van der Waals surface area contributed by atoms with Gasteiger partial charge in [0.1, 0.15) is 6.04 Å². The van der Waals surface area contributed by atoms with E-state index in [1.807, 2.05) is 14.1 Å². The number of nitrogens with zero attached hydrogens (tertiary/aromatic N) is 5. The van der Waals surface area contributed by atoms with Crippen molar-refractivity contribution >= 4 is 23.7 Å². The number of hydrogen-bond donors (Lipinski definition) is 1. The van der Waals surface area contributed by atoms with Gasteiger partial charge in [0, 0.05) is 53.5 Å². The minimum atomic E-state index is -0.688. The van der Waals surface area contributed by atoms with Crippen LogP contribution >= 0.6 is 0 Å². The largest absolute Gasteiger partial charge is 0.357 e. The lowest BCUT2D eigenvalue weighted by Crippen LogP contribution is -2.60. The molecule has 0 aromatic carbocycles. The average molecular weight is 334 g/mol. The molecule has 0 unspecified atom stereocenters. The molecule has 9 heteroatoms. The highest BCUT2D eigenvalue weighted by Crippen LogP contribution is 2.14. The van der Waals surface area contributed by atoms with Gasteiger partial charge in [0.2, 0.25) is 17.8 Å². The summed E-state index contributed by atoms with van der Waals surface area (Å²) in [6.07, 6.45) is 2.94. The first-order valence-corrected chi connectivity index (χ1v) is 7.62. The third kappa shape index (κ3) is 3.61. The molecule has 1 aliphatic heterocycles. The number of aromatic nitrogens is 2. The van der Waals surface area contributed by atoms with Crippen LogP contribution in [0.1, 0.15) is 17.3 Å². The van der Waals surface area contributed by atoms with E-state index in [0.717, 1.165) is 0 Å². The summed E-state index contributed by atoms with van der Waals surface area (Å²) in [5.41, 5.74) is 0.354. The Morgan fingerprint density at radius 3 is 2.33 bits per heavy atom. The molecule has 24 heavy (non-hydrogen) atoms. The lowest BCUT2D eigenvalue weighted by atomic mass is 10.1. The molecule has 1 saturated heterocycles. The highest BCUT2D eigenvalue weighted by atomic mass is 16.2. The normalized spacial score (nSPS) is 17.4. The SMILES string of the molecule is CNC(=O)[C@@H]1CN(C(=O)c2cnc(N(C)C)nc2)CCN1C(C)=O. The minimum Gasteiger partial charge on any atom is -0.357 e. The summed E-state index contributed by atoms with van der Waals surface area (Å²) >= 11 is 0. The molecule has 9 nitrogen and oxygen atoms in total. The maximum atomic E-state index is 12.6. The Morgan fingerprint density at radius 2 is 1.83 bits per heavy atom. The van der Waals surface area contributed by atoms with Gasteiger partial charge in [-0.05, 0) is 0 Å². The Kier molecular flexibility index (Phi) is 5.32. The number of nitrogens with one attached hydrogen (secondary N) is 1. The molecular formula is C15H22N6O3. The Morgan fingerprint density at radius 1 is 1.21 bits per heavy atom. The van der Waals surface area contributed by atoms with Gasteiger partial charge in [0.15, 0.2) is 0 Å². The average Bonchev–Trinajstić information content (AvgIpc) is 2.59. The first kappa shape index (κ1) is 17.6. The fraction of sp³-hybridized carbons (Fsp3) is 0.533. The Bertz CT molecular complexity index is 631. The molecule has 0 spiro atoms. The number of carbonyl (C=O) groups is 3. The van der Waals surface area contributed by atoms with Crippen LogP contribution in [0.3, 0.4) is 0 Å². The van der Waals surface area contributed by atoms with Crippen molar-refractivity contribution in [2.75, 3.05) is 45.7 Å². The lowest BCUT2D eigenvalue weighted by molar-refractivity contribution is -0.141. The molecule has 3 amide bonds. The number of anilines is 1. The van der Waals surface area contributed by atoms with E-state index in [9.17, 15) is 14.4 Å². The van der Waals surface area contributed by atoms with Crippen LogP contribution in [-0.2, 0) is 9.59 Å². The van der Waals surface area contributed by atoms with Gasteiger partial charge in [-0.25, -0.2) is 9.97 Å². The van der Waals surface area contributed by atoms with Crippen molar-refractivity contribution in [2.45, 2.75) is 13.0 Å². The van der Waals surface area contributed by atoms with Crippen LogP contribution in [0.5, 0.6) is 0 Å². The summed E-state index contributed by atoms with van der Waals surface area (Å²) in [5.74, 6) is -0.218. The van der Waals surface area contributed by atoms with Gasteiger partial charge in [-0.3, -0.25) is 14.4 Å². The standard InChI is InChI=1S/C15H22N6O3/c1-10(22)21-6-5-20(9-12(21)13(23)16-2)14(24)11-7-17-15(18-8-11)19(3)4/h7-8,12H,5-6,9H2,1-4H3,(H,16,23)/t12-/m0/s1. The molecule has 1 aliphatic rings. The molecule has 2 heterocycles. The van der Waals surface area contributed by atoms with E-state index in [1.165, 1.54) is 31.3 Å². The van der Waals surface area contributed by atoms with Crippen LogP contribution in [0.15, 0.2) is 12.4 Å². The van der Waals surface area contributed by atoms with Gasteiger partial charge in [-0.2, -0.15) is 0 Å². The highest BCUT2D eigenvalue weighted by Gasteiger charge is 2.35. The van der Waals surface area contributed by atoms with E-state index in [-0.39, 0.29) is 24.3 Å². The molecule has 1 aromatic rings. The molecule has 1 atom stereocenters. The maximum Gasteiger partial charge on any atom is 0.257 e. The zero-order valence-electron chi connectivity index (χ0n) is 14.3. The summed E-state index contributed by atoms with van der Waals surface area (Å²) in [7, 11) is 5.13. The number of rotatable bonds is 3. The molecule has 0 bridgehead atoms. The smallest absolute Gasteiger partial charge is 0.257 e. The van der Waals surface area contributed by atoms with Crippen LogP contribution in [0.25, 0.3) is 0 Å². The Balaban J connectivity index is 2.15. The van der Waals surface area contributed by atoms with E-state index in [1.54, 1.807) is 9.80 Å². The molecular weight excluding hydrogens is 312 g/mol. The van der Waals surface area contributed by atoms with Crippen molar-refractivity contribution in [1.82, 2.24) is 25.1 Å². The van der Waals surface area contributed by atoms with E-state index < -0.39 is 6.04 Å². The number of amides is 3. The molecule has 2 rings (SSSR count). The second-order valence-corrected chi connectivity index (χ2v) is 5.76. The Hall–Kier alpha value is -2.71. The van der Waals surface area contributed by atoms with Gasteiger partial charge >= 0.3 is 0 Å². The van der Waals surface area contributed by atoms with Gasteiger partial charge in [0.05, 0.1) is 12.1 Å². The molecule has 1 N–H and O–H groups in total. The van der Waals surface area contributed by atoms with E-state index in [4.69, 9.17) is 0 Å². The van der Waals surface area contributed by atoms with E-state index in [0.29, 0.717) is 24.6 Å². The maximum absolute atomic E-state index is 12.6. The molecule has 0 aliphatic carbocycles. The summed E-state index contributed by atoms with van der Waals surface area (Å²) in [5, 5.41) is 2.54. The van der Waals surface area contributed by atoms with Crippen molar-refractivity contribution in [3.8, 4) is 0 Å². The third-order valence-electron chi connectivity index (χ3n) is 3.91. The number of likely N-dealkylation sites (N-methyl/N-ethyl adjacent to an activating group) is 1. The predicted molar refractivity (Wildman–Crippen MR) is 87.5 cm³/mol. The van der Waals surface area contributed by atoms with Crippen LogP contribution in [0.2, 0.25) is 0 Å².